The summed E-state index contributed by atoms with van der Waals surface area (Å²) in [6.07, 6.45) is 6.68. The molecule has 2 aliphatic carbocycles. The first-order valence-electron chi connectivity index (χ1n) is 6.71. The number of nitrogens with one attached hydrogen (secondary N) is 2. The van der Waals surface area contributed by atoms with Crippen LogP contribution in [0.3, 0.4) is 0 Å². The molecule has 0 radical (unpaired) electrons. The molecule has 1 saturated carbocycles. The van der Waals surface area contributed by atoms with Crippen LogP contribution >= 0.6 is 12.2 Å². The van der Waals surface area contributed by atoms with Crippen molar-refractivity contribution in [3.05, 3.63) is 36.4 Å². The lowest BCUT2D eigenvalue weighted by Gasteiger charge is -2.31. The van der Waals surface area contributed by atoms with E-state index in [2.05, 4.69) is 28.0 Å². The monoisotopic (exact) mass is 287 g/mol. The Morgan fingerprint density at radius 2 is 2.25 bits per heavy atom. The van der Waals surface area contributed by atoms with Crippen LogP contribution in [0.25, 0.3) is 0 Å². The molecule has 20 heavy (non-hydrogen) atoms. The lowest BCUT2D eigenvalue weighted by atomic mass is 9.74. The Morgan fingerprint density at radius 1 is 1.40 bits per heavy atom. The largest absolute Gasteiger partial charge is 0.495 e. The van der Waals surface area contributed by atoms with Gasteiger partial charge in [0.25, 0.3) is 0 Å². The lowest BCUT2D eigenvalue weighted by molar-refractivity contribution is 0.417. The van der Waals surface area contributed by atoms with Gasteiger partial charge in [-0.15, -0.1) is 0 Å². The molecule has 104 valence electrons. The summed E-state index contributed by atoms with van der Waals surface area (Å²) in [5.41, 5.74) is 4.97. The molecular formula is C15H17N3OS. The summed E-state index contributed by atoms with van der Waals surface area (Å²) >= 11 is 5.25. The normalized spacial score (nSPS) is 24.9. The van der Waals surface area contributed by atoms with Crippen LogP contribution in [0.1, 0.15) is 12.8 Å². The first kappa shape index (κ1) is 13.1. The molecule has 0 unspecified atom stereocenters. The topological polar surface area (TPSA) is 45.6 Å². The predicted octanol–water partition coefficient (Wildman–Crippen LogP) is 2.93. The van der Waals surface area contributed by atoms with Gasteiger partial charge < -0.3 is 10.1 Å². The van der Waals surface area contributed by atoms with E-state index in [-0.39, 0.29) is 0 Å². The van der Waals surface area contributed by atoms with Gasteiger partial charge >= 0.3 is 0 Å². The van der Waals surface area contributed by atoms with Crippen molar-refractivity contribution in [2.45, 2.75) is 12.8 Å². The van der Waals surface area contributed by atoms with Crippen molar-refractivity contribution in [2.24, 2.45) is 16.9 Å². The van der Waals surface area contributed by atoms with Gasteiger partial charge in [0.05, 0.1) is 12.8 Å². The van der Waals surface area contributed by atoms with Gasteiger partial charge in [-0.25, -0.2) is 0 Å². The van der Waals surface area contributed by atoms with E-state index in [1.54, 1.807) is 7.11 Å². The lowest BCUT2D eigenvalue weighted by Crippen LogP contribution is -2.36. The number of nitrogens with zero attached hydrogens (tertiary/aromatic N) is 1. The Bertz CT molecular complexity index is 582. The third-order valence-corrected chi connectivity index (χ3v) is 4.01. The van der Waals surface area contributed by atoms with Gasteiger partial charge in [0.15, 0.2) is 5.11 Å². The molecule has 0 heterocycles. The summed E-state index contributed by atoms with van der Waals surface area (Å²) in [6.45, 7) is 0. The molecule has 0 amide bonds. The second-order valence-electron chi connectivity index (χ2n) is 5.01. The number of allylic oxidation sites excluding steroid dienone is 2. The minimum absolute atomic E-state index is 0.483. The second-order valence-corrected chi connectivity index (χ2v) is 5.42. The van der Waals surface area contributed by atoms with Gasteiger partial charge in [-0.1, -0.05) is 24.3 Å². The van der Waals surface area contributed by atoms with Crippen LogP contribution in [0.4, 0.5) is 5.69 Å². The van der Waals surface area contributed by atoms with Crippen LogP contribution in [0.2, 0.25) is 0 Å². The predicted molar refractivity (Wildman–Crippen MR) is 85.1 cm³/mol. The average Bonchev–Trinajstić information content (AvgIpc) is 2.81. The summed E-state index contributed by atoms with van der Waals surface area (Å²) in [5.74, 6) is 2.05. The fourth-order valence-electron chi connectivity index (χ4n) is 2.68. The molecule has 3 rings (SSSR count). The molecule has 1 aromatic rings. The molecule has 2 N–H and O–H groups in total. The Hall–Kier alpha value is -1.88. The first-order chi connectivity index (χ1) is 9.78. The van der Waals surface area contributed by atoms with Crippen LogP contribution in [-0.2, 0) is 0 Å². The van der Waals surface area contributed by atoms with E-state index >= 15 is 0 Å². The van der Waals surface area contributed by atoms with Crippen molar-refractivity contribution in [1.82, 2.24) is 5.43 Å². The van der Waals surface area contributed by atoms with E-state index in [9.17, 15) is 0 Å². The van der Waals surface area contributed by atoms with E-state index < -0.39 is 0 Å². The molecular weight excluding hydrogens is 270 g/mol. The van der Waals surface area contributed by atoms with E-state index in [4.69, 9.17) is 17.0 Å². The number of methoxy groups -OCH3 is 1. The number of benzene rings is 1. The Balaban J connectivity index is 1.56. The number of hydrogen-bond acceptors (Lipinski definition) is 3. The summed E-state index contributed by atoms with van der Waals surface area (Å²) in [7, 11) is 1.64. The average molecular weight is 287 g/mol. The zero-order valence-corrected chi connectivity index (χ0v) is 12.1. The van der Waals surface area contributed by atoms with E-state index in [1.807, 2.05) is 24.3 Å². The molecule has 0 aliphatic heterocycles. The number of ether oxygens (including phenoxy) is 1. The highest BCUT2D eigenvalue weighted by atomic mass is 32.1. The van der Waals surface area contributed by atoms with Gasteiger partial charge in [0.2, 0.25) is 0 Å². The van der Waals surface area contributed by atoms with Crippen molar-refractivity contribution in [1.29, 1.82) is 0 Å². The maximum atomic E-state index is 5.27. The van der Waals surface area contributed by atoms with Crippen molar-refractivity contribution in [3.63, 3.8) is 0 Å². The van der Waals surface area contributed by atoms with Crippen molar-refractivity contribution >= 4 is 28.7 Å². The molecule has 1 aromatic carbocycles. The number of fused-ring (bicyclic) bond motifs is 1. The van der Waals surface area contributed by atoms with Crippen LogP contribution in [0.5, 0.6) is 5.75 Å². The second kappa shape index (κ2) is 5.63. The van der Waals surface area contributed by atoms with E-state index in [0.29, 0.717) is 16.9 Å². The highest BCUT2D eigenvalue weighted by molar-refractivity contribution is 7.80. The minimum Gasteiger partial charge on any atom is -0.495 e. The van der Waals surface area contributed by atoms with Gasteiger partial charge in [-0.3, -0.25) is 5.43 Å². The van der Waals surface area contributed by atoms with Crippen molar-refractivity contribution in [2.75, 3.05) is 12.4 Å². The van der Waals surface area contributed by atoms with Crippen LogP contribution in [-0.4, -0.2) is 17.9 Å². The Kier molecular flexibility index (Phi) is 3.69. The molecule has 2 atom stereocenters. The summed E-state index contributed by atoms with van der Waals surface area (Å²) in [5, 5.41) is 7.99. The third kappa shape index (κ3) is 2.54. The first-order valence-corrected chi connectivity index (χ1v) is 7.12. The van der Waals surface area contributed by atoms with Gasteiger partial charge in [-0.2, -0.15) is 5.10 Å². The highest BCUT2D eigenvalue weighted by Crippen LogP contribution is 2.40. The molecule has 0 saturated heterocycles. The number of anilines is 1. The number of para-hydroxylation sites is 2. The number of hydrazone groups is 1. The molecule has 4 nitrogen and oxygen atoms in total. The standard InChI is InChI=1S/C15H17N3OS/c1-19-14-8-3-2-7-12(14)16-15(20)18-17-13-9-10-5-4-6-11(10)13/h2-5,7-8,10-11H,6,9H2,1H3,(H2,16,18,20)/b17-13-/t10-,11+/m1/s1. The highest BCUT2D eigenvalue weighted by Gasteiger charge is 2.37. The zero-order chi connectivity index (χ0) is 13.9. The van der Waals surface area contributed by atoms with Gasteiger partial charge in [0.1, 0.15) is 5.75 Å². The van der Waals surface area contributed by atoms with Crippen molar-refractivity contribution < 1.29 is 4.74 Å². The quantitative estimate of drug-likeness (QED) is 0.510. The molecule has 0 aromatic heterocycles. The molecule has 0 bridgehead atoms. The van der Waals surface area contributed by atoms with E-state index in [1.165, 1.54) is 5.71 Å². The SMILES string of the molecule is COc1ccccc1NC(=S)N/N=C1/C[C@H]2C=CC[C@H]12. The summed E-state index contributed by atoms with van der Waals surface area (Å²) in [4.78, 5) is 0. The number of hydrogen-bond donors (Lipinski definition) is 2. The van der Waals surface area contributed by atoms with Crippen molar-refractivity contribution in [3.8, 4) is 5.75 Å². The fraction of sp³-hybridized carbons (Fsp3) is 0.333. The molecule has 0 spiro atoms. The van der Waals surface area contributed by atoms with Gasteiger partial charge in [0, 0.05) is 11.6 Å². The summed E-state index contributed by atoms with van der Waals surface area (Å²) in [6, 6.07) is 7.65. The van der Waals surface area contributed by atoms with Gasteiger partial charge in [-0.05, 0) is 43.1 Å². The zero-order valence-electron chi connectivity index (χ0n) is 11.3. The van der Waals surface area contributed by atoms with Crippen LogP contribution < -0.4 is 15.5 Å². The molecule has 5 heteroatoms. The maximum absolute atomic E-state index is 5.27. The minimum atomic E-state index is 0.483. The smallest absolute Gasteiger partial charge is 0.191 e. The van der Waals surface area contributed by atoms with Crippen LogP contribution in [0, 0.1) is 11.8 Å². The van der Waals surface area contributed by atoms with Crippen LogP contribution in [0.15, 0.2) is 41.5 Å². The molecule has 1 fully saturated rings. The number of rotatable bonds is 3. The third-order valence-electron chi connectivity index (χ3n) is 3.82. The Labute approximate surface area is 123 Å². The fourth-order valence-corrected chi connectivity index (χ4v) is 2.84. The number of thiocarbonyl (C=S) groups is 1. The Morgan fingerprint density at radius 3 is 3.05 bits per heavy atom. The van der Waals surface area contributed by atoms with E-state index in [0.717, 1.165) is 24.3 Å². The summed E-state index contributed by atoms with van der Waals surface area (Å²) < 4.78 is 5.27. The maximum Gasteiger partial charge on any atom is 0.191 e. The molecule has 2 aliphatic rings.